The van der Waals surface area contributed by atoms with Crippen LogP contribution >= 0.6 is 0 Å². The topological polar surface area (TPSA) is 164 Å². The van der Waals surface area contributed by atoms with Gasteiger partial charge in [-0.3, -0.25) is 4.79 Å². The van der Waals surface area contributed by atoms with Crippen molar-refractivity contribution in [1.29, 1.82) is 0 Å². The predicted molar refractivity (Wildman–Crippen MR) is 93.0 cm³/mol. The van der Waals surface area contributed by atoms with Crippen LogP contribution in [0.3, 0.4) is 0 Å². The zero-order valence-corrected chi connectivity index (χ0v) is 15.0. The lowest BCUT2D eigenvalue weighted by atomic mass is 9.99. The Kier molecular flexibility index (Phi) is 5.84. The van der Waals surface area contributed by atoms with E-state index in [9.17, 15) is 30.0 Å². The summed E-state index contributed by atoms with van der Waals surface area (Å²) in [5.41, 5.74) is 1.74. The molecule has 1 amide bonds. The highest BCUT2D eigenvalue weighted by molar-refractivity contribution is 5.84. The molecule has 5 N–H and O–H groups in total. The maximum Gasteiger partial charge on any atom is 0.229 e. The zero-order valence-electron chi connectivity index (χ0n) is 15.0. The number of nitrogens with one attached hydrogen (secondary N) is 2. The van der Waals surface area contributed by atoms with Crippen molar-refractivity contribution in [3.63, 3.8) is 0 Å². The lowest BCUT2D eigenvalue weighted by molar-refractivity contribution is -0.342. The summed E-state index contributed by atoms with van der Waals surface area (Å²) >= 11 is 0. The Morgan fingerprint density at radius 3 is 2.68 bits per heavy atom. The number of ether oxygens (including phenoxy) is 2. The van der Waals surface area contributed by atoms with Gasteiger partial charge in [0.15, 0.2) is 0 Å². The lowest BCUT2D eigenvalue weighted by Gasteiger charge is -2.40. The number of carbonyl (C=O) groups is 2. The molecule has 152 valence electrons. The second-order valence-electron chi connectivity index (χ2n) is 6.59. The van der Waals surface area contributed by atoms with Gasteiger partial charge in [-0.2, -0.15) is 0 Å². The van der Waals surface area contributed by atoms with E-state index in [1.807, 2.05) is 0 Å². The number of carboxylic acid groups (broad SMARTS) is 1. The Hall–Kier alpha value is -2.66. The molecule has 3 rings (SSSR count). The molecule has 2 aromatic rings. The first-order chi connectivity index (χ1) is 13.3. The quantitative estimate of drug-likeness (QED) is 0.368. The molecule has 0 bridgehead atoms. The van der Waals surface area contributed by atoms with Crippen molar-refractivity contribution in [2.45, 2.75) is 44.1 Å². The molecule has 2 heterocycles. The minimum atomic E-state index is -1.84. The fraction of sp³-hybridized carbons (Fsp3) is 0.444. The van der Waals surface area contributed by atoms with Gasteiger partial charge in [0.25, 0.3) is 0 Å². The second-order valence-corrected chi connectivity index (χ2v) is 6.59. The fourth-order valence-electron chi connectivity index (χ4n) is 3.09. The van der Waals surface area contributed by atoms with Crippen molar-refractivity contribution < 1.29 is 39.5 Å². The molecule has 10 nitrogen and oxygen atoms in total. The highest BCUT2D eigenvalue weighted by atomic mass is 16.7. The van der Waals surface area contributed by atoms with Crippen LogP contribution in [0, 0.1) is 0 Å². The van der Waals surface area contributed by atoms with Crippen LogP contribution in [0.5, 0.6) is 5.75 Å². The summed E-state index contributed by atoms with van der Waals surface area (Å²) in [6.45, 7) is 1.89. The molecule has 0 spiro atoms. The van der Waals surface area contributed by atoms with Crippen LogP contribution in [-0.4, -0.2) is 69.4 Å². The Morgan fingerprint density at radius 2 is 2.00 bits per heavy atom. The first kappa shape index (κ1) is 20.1. The third-order valence-corrected chi connectivity index (χ3v) is 4.56. The van der Waals surface area contributed by atoms with Crippen molar-refractivity contribution in [3.8, 4) is 5.75 Å². The molecule has 1 fully saturated rings. The van der Waals surface area contributed by atoms with Gasteiger partial charge in [0, 0.05) is 30.6 Å². The summed E-state index contributed by atoms with van der Waals surface area (Å²) in [4.78, 5) is 25.2. The van der Waals surface area contributed by atoms with Crippen molar-refractivity contribution in [3.05, 3.63) is 30.0 Å². The average Bonchev–Trinajstić information content (AvgIpc) is 3.04. The lowest BCUT2D eigenvalue weighted by Crippen LogP contribution is -2.63. The third-order valence-electron chi connectivity index (χ3n) is 4.56. The molecule has 0 radical (unpaired) electrons. The summed E-state index contributed by atoms with van der Waals surface area (Å²) in [6.07, 6.45) is -6.25. The number of carboxylic acids is 1. The summed E-state index contributed by atoms with van der Waals surface area (Å²) in [6, 6.07) is 4.97. The first-order valence-corrected chi connectivity index (χ1v) is 8.69. The zero-order chi connectivity index (χ0) is 20.4. The first-order valence-electron chi connectivity index (χ1n) is 8.69. The summed E-state index contributed by atoms with van der Waals surface area (Å²) in [5.74, 6) is -1.60. The van der Waals surface area contributed by atoms with Gasteiger partial charge in [0.1, 0.15) is 30.2 Å². The molecule has 10 heteroatoms. The minimum absolute atomic E-state index is 0.129. The van der Waals surface area contributed by atoms with E-state index in [0.29, 0.717) is 13.0 Å². The number of rotatable bonds is 6. The van der Waals surface area contributed by atoms with Crippen LogP contribution in [0.2, 0.25) is 0 Å². The van der Waals surface area contributed by atoms with E-state index in [4.69, 9.17) is 9.47 Å². The Balaban J connectivity index is 1.77. The number of fused-ring (bicyclic) bond motifs is 1. The number of hydrogen-bond acceptors (Lipinski definition) is 8. The van der Waals surface area contributed by atoms with E-state index >= 15 is 0 Å². The van der Waals surface area contributed by atoms with E-state index < -0.39 is 36.7 Å². The number of aliphatic carboxylic acids is 1. The largest absolute Gasteiger partial charge is 0.547 e. The van der Waals surface area contributed by atoms with Crippen molar-refractivity contribution in [2.75, 3.05) is 6.54 Å². The molecule has 1 aromatic carbocycles. The molecule has 5 atom stereocenters. The van der Waals surface area contributed by atoms with Crippen LogP contribution in [0.1, 0.15) is 12.5 Å². The van der Waals surface area contributed by atoms with E-state index in [0.717, 1.165) is 16.5 Å². The maximum absolute atomic E-state index is 11.1. The van der Waals surface area contributed by atoms with Gasteiger partial charge in [-0.1, -0.05) is 0 Å². The Morgan fingerprint density at radius 1 is 1.25 bits per heavy atom. The van der Waals surface area contributed by atoms with Gasteiger partial charge in [-0.15, -0.1) is 0 Å². The maximum atomic E-state index is 11.1. The van der Waals surface area contributed by atoms with Gasteiger partial charge >= 0.3 is 0 Å². The molecule has 1 saturated heterocycles. The van der Waals surface area contributed by atoms with Gasteiger partial charge < -0.3 is 45.0 Å². The van der Waals surface area contributed by atoms with Crippen molar-refractivity contribution >= 4 is 22.8 Å². The predicted octanol–water partition coefficient (Wildman–Crippen LogP) is -2.22. The van der Waals surface area contributed by atoms with Crippen LogP contribution in [0.4, 0.5) is 0 Å². The standard InChI is InChI=1S/C18H22N2O8/c1-8(21)19-5-4-9-7-20-12-3-2-10(6-11(9)12)27-18-15(24)13(22)14(23)16(28-18)17(25)26/h2-3,6-7,13-16,18,20,22-24H,4-5H2,1H3,(H,19,21)(H,25,26)/p-1/t13-,14-,15+,16-,18+/m0/s1. The molecule has 1 aromatic heterocycles. The molecule has 0 aliphatic carbocycles. The van der Waals surface area contributed by atoms with Gasteiger partial charge in [0.2, 0.25) is 12.2 Å². The number of hydrogen-bond donors (Lipinski definition) is 5. The number of benzene rings is 1. The minimum Gasteiger partial charge on any atom is -0.547 e. The second kappa shape index (κ2) is 8.15. The number of H-pyrrole nitrogens is 1. The summed E-state index contributed by atoms with van der Waals surface area (Å²) in [7, 11) is 0. The number of aliphatic hydroxyl groups excluding tert-OH is 3. The van der Waals surface area contributed by atoms with E-state index in [1.165, 1.54) is 6.92 Å². The smallest absolute Gasteiger partial charge is 0.229 e. The highest BCUT2D eigenvalue weighted by Crippen LogP contribution is 2.28. The van der Waals surface area contributed by atoms with Gasteiger partial charge in [-0.25, -0.2) is 0 Å². The third kappa shape index (κ3) is 4.09. The molecular formula is C18H21N2O8-. The number of aliphatic hydroxyl groups is 3. The molecule has 1 aliphatic rings. The summed E-state index contributed by atoms with van der Waals surface area (Å²) in [5, 5.41) is 44.2. The van der Waals surface area contributed by atoms with Crippen molar-refractivity contribution in [2.24, 2.45) is 0 Å². The molecule has 1 aliphatic heterocycles. The molecule has 0 unspecified atom stereocenters. The number of aromatic amines is 1. The number of amides is 1. The average molecular weight is 393 g/mol. The Labute approximate surface area is 159 Å². The molecule has 0 saturated carbocycles. The van der Waals surface area contributed by atoms with Crippen LogP contribution in [0.15, 0.2) is 24.4 Å². The number of aromatic nitrogens is 1. The monoisotopic (exact) mass is 393 g/mol. The molecule has 28 heavy (non-hydrogen) atoms. The Bertz CT molecular complexity index is 866. The van der Waals surface area contributed by atoms with E-state index in [-0.39, 0.29) is 11.7 Å². The highest BCUT2D eigenvalue weighted by Gasteiger charge is 2.45. The van der Waals surface area contributed by atoms with Crippen LogP contribution in [-0.2, 0) is 20.7 Å². The van der Waals surface area contributed by atoms with Crippen molar-refractivity contribution in [1.82, 2.24) is 10.3 Å². The number of carbonyl (C=O) groups excluding carboxylic acids is 2. The van der Waals surface area contributed by atoms with Gasteiger partial charge in [-0.05, 0) is 30.2 Å². The molecular weight excluding hydrogens is 372 g/mol. The van der Waals surface area contributed by atoms with E-state index in [1.54, 1.807) is 24.4 Å². The SMILES string of the molecule is CC(=O)NCCc1c[nH]c2ccc(O[C@@H]3O[C@H](C(=O)[O-])[C@@H](O)[C@H](O)[C@H]3O)cc12. The van der Waals surface area contributed by atoms with Gasteiger partial charge in [0.05, 0.1) is 5.97 Å². The van der Waals surface area contributed by atoms with Crippen LogP contribution in [0.25, 0.3) is 10.9 Å². The van der Waals surface area contributed by atoms with Crippen LogP contribution < -0.4 is 15.2 Å². The fourth-order valence-corrected chi connectivity index (χ4v) is 3.09. The summed E-state index contributed by atoms with van der Waals surface area (Å²) < 4.78 is 10.6. The van der Waals surface area contributed by atoms with E-state index in [2.05, 4.69) is 10.3 Å². The normalized spacial score (nSPS) is 27.5.